The molecule has 0 spiro atoms. The SMILES string of the molecule is CN(C)c1ccnc(N)c1Br. The summed E-state index contributed by atoms with van der Waals surface area (Å²) in [5, 5.41) is 0. The van der Waals surface area contributed by atoms with Gasteiger partial charge in [0.25, 0.3) is 0 Å². The number of nitrogens with zero attached hydrogens (tertiary/aromatic N) is 2. The Labute approximate surface area is 74.3 Å². The second-order valence-electron chi connectivity index (χ2n) is 2.42. The molecule has 0 amide bonds. The van der Waals surface area contributed by atoms with Crippen molar-refractivity contribution in [3.05, 3.63) is 16.7 Å². The lowest BCUT2D eigenvalue weighted by Gasteiger charge is -2.14. The molecule has 0 aliphatic carbocycles. The van der Waals surface area contributed by atoms with Crippen molar-refractivity contribution in [2.24, 2.45) is 0 Å². The van der Waals surface area contributed by atoms with Crippen LogP contribution in [0.1, 0.15) is 0 Å². The minimum Gasteiger partial charge on any atom is -0.383 e. The number of pyridine rings is 1. The van der Waals surface area contributed by atoms with Gasteiger partial charge in [0, 0.05) is 20.3 Å². The molecule has 0 aliphatic heterocycles. The predicted molar refractivity (Wildman–Crippen MR) is 50.7 cm³/mol. The van der Waals surface area contributed by atoms with E-state index in [2.05, 4.69) is 20.9 Å². The Morgan fingerprint density at radius 1 is 1.55 bits per heavy atom. The van der Waals surface area contributed by atoms with Crippen molar-refractivity contribution >= 4 is 27.4 Å². The van der Waals surface area contributed by atoms with Crippen LogP contribution in [-0.4, -0.2) is 19.1 Å². The van der Waals surface area contributed by atoms with Gasteiger partial charge in [-0.15, -0.1) is 0 Å². The minimum atomic E-state index is 0.524. The summed E-state index contributed by atoms with van der Waals surface area (Å²) in [5.74, 6) is 0.524. The number of hydrogen-bond acceptors (Lipinski definition) is 3. The van der Waals surface area contributed by atoms with E-state index in [4.69, 9.17) is 5.73 Å². The largest absolute Gasteiger partial charge is 0.383 e. The maximum absolute atomic E-state index is 5.57. The molecule has 0 aliphatic rings. The molecule has 1 aromatic heterocycles. The second-order valence-corrected chi connectivity index (χ2v) is 3.22. The zero-order valence-corrected chi connectivity index (χ0v) is 8.09. The lowest BCUT2D eigenvalue weighted by atomic mass is 10.4. The molecule has 0 fully saturated rings. The van der Waals surface area contributed by atoms with Gasteiger partial charge in [-0.1, -0.05) is 0 Å². The molecule has 4 heteroatoms. The van der Waals surface area contributed by atoms with Crippen LogP contribution >= 0.6 is 15.9 Å². The van der Waals surface area contributed by atoms with Crippen LogP contribution in [0.4, 0.5) is 11.5 Å². The number of aromatic nitrogens is 1. The lowest BCUT2D eigenvalue weighted by Crippen LogP contribution is -2.10. The summed E-state index contributed by atoms with van der Waals surface area (Å²) in [4.78, 5) is 5.90. The Kier molecular flexibility index (Phi) is 2.34. The zero-order chi connectivity index (χ0) is 8.43. The summed E-state index contributed by atoms with van der Waals surface area (Å²) in [5.41, 5.74) is 6.61. The molecule has 0 atom stereocenters. The summed E-state index contributed by atoms with van der Waals surface area (Å²) in [6, 6.07) is 1.90. The normalized spacial score (nSPS) is 9.73. The van der Waals surface area contributed by atoms with Crippen LogP contribution in [0.15, 0.2) is 16.7 Å². The Morgan fingerprint density at radius 2 is 2.18 bits per heavy atom. The molecular weight excluding hydrogens is 206 g/mol. The van der Waals surface area contributed by atoms with Crippen molar-refractivity contribution < 1.29 is 0 Å². The first kappa shape index (κ1) is 8.33. The van der Waals surface area contributed by atoms with E-state index in [1.807, 2.05) is 25.1 Å². The summed E-state index contributed by atoms with van der Waals surface area (Å²) >= 11 is 3.35. The minimum absolute atomic E-state index is 0.524. The molecule has 2 N–H and O–H groups in total. The average Bonchev–Trinajstić information content (AvgIpc) is 1.94. The van der Waals surface area contributed by atoms with Crippen molar-refractivity contribution in [2.45, 2.75) is 0 Å². The van der Waals surface area contributed by atoms with Gasteiger partial charge in [0.15, 0.2) is 0 Å². The number of hydrogen-bond donors (Lipinski definition) is 1. The fraction of sp³-hybridized carbons (Fsp3) is 0.286. The molecule has 0 unspecified atom stereocenters. The highest BCUT2D eigenvalue weighted by molar-refractivity contribution is 9.10. The number of halogens is 1. The van der Waals surface area contributed by atoms with Crippen LogP contribution in [0.2, 0.25) is 0 Å². The Morgan fingerprint density at radius 3 is 2.64 bits per heavy atom. The maximum Gasteiger partial charge on any atom is 0.139 e. The van der Waals surface area contributed by atoms with Gasteiger partial charge in [0.05, 0.1) is 10.2 Å². The van der Waals surface area contributed by atoms with E-state index in [0.717, 1.165) is 10.2 Å². The molecule has 1 aromatic rings. The lowest BCUT2D eigenvalue weighted by molar-refractivity contribution is 1.11. The Bertz CT molecular complexity index is 260. The second kappa shape index (κ2) is 3.09. The van der Waals surface area contributed by atoms with Crippen molar-refractivity contribution in [1.29, 1.82) is 0 Å². The van der Waals surface area contributed by atoms with Crippen LogP contribution in [-0.2, 0) is 0 Å². The fourth-order valence-electron chi connectivity index (χ4n) is 0.795. The third-order valence-corrected chi connectivity index (χ3v) is 2.19. The van der Waals surface area contributed by atoms with Gasteiger partial charge < -0.3 is 10.6 Å². The number of rotatable bonds is 1. The number of nitrogen functional groups attached to an aromatic ring is 1. The molecule has 1 heterocycles. The molecule has 0 bridgehead atoms. The first-order chi connectivity index (χ1) is 5.13. The summed E-state index contributed by atoms with van der Waals surface area (Å²) < 4.78 is 0.852. The van der Waals surface area contributed by atoms with Crippen LogP contribution < -0.4 is 10.6 Å². The Hall–Kier alpha value is -0.770. The molecule has 3 nitrogen and oxygen atoms in total. The monoisotopic (exact) mass is 215 g/mol. The van der Waals surface area contributed by atoms with Gasteiger partial charge in [-0.05, 0) is 22.0 Å². The van der Waals surface area contributed by atoms with Crippen molar-refractivity contribution in [2.75, 3.05) is 24.7 Å². The maximum atomic E-state index is 5.57. The van der Waals surface area contributed by atoms with Crippen LogP contribution in [0.5, 0.6) is 0 Å². The van der Waals surface area contributed by atoms with Gasteiger partial charge in [0.1, 0.15) is 5.82 Å². The highest BCUT2D eigenvalue weighted by atomic mass is 79.9. The quantitative estimate of drug-likeness (QED) is 0.773. The third-order valence-electron chi connectivity index (χ3n) is 1.38. The van der Waals surface area contributed by atoms with E-state index in [1.54, 1.807) is 6.20 Å². The van der Waals surface area contributed by atoms with Crippen molar-refractivity contribution in [1.82, 2.24) is 4.98 Å². The van der Waals surface area contributed by atoms with Crippen LogP contribution in [0.25, 0.3) is 0 Å². The van der Waals surface area contributed by atoms with Crippen LogP contribution in [0, 0.1) is 0 Å². The van der Waals surface area contributed by atoms with E-state index < -0.39 is 0 Å². The van der Waals surface area contributed by atoms with E-state index >= 15 is 0 Å². The van der Waals surface area contributed by atoms with Gasteiger partial charge in [-0.2, -0.15) is 0 Å². The standard InChI is InChI=1S/C7H10BrN3/c1-11(2)5-3-4-10-7(9)6(5)8/h3-4H,1-2H3,(H2,9,10). The van der Waals surface area contributed by atoms with Gasteiger partial charge in [0.2, 0.25) is 0 Å². The van der Waals surface area contributed by atoms with Gasteiger partial charge in [-0.25, -0.2) is 4.98 Å². The summed E-state index contributed by atoms with van der Waals surface area (Å²) in [6.07, 6.45) is 1.69. The highest BCUT2D eigenvalue weighted by Crippen LogP contribution is 2.27. The smallest absolute Gasteiger partial charge is 0.139 e. The van der Waals surface area contributed by atoms with Gasteiger partial charge in [-0.3, -0.25) is 0 Å². The molecule has 0 radical (unpaired) electrons. The van der Waals surface area contributed by atoms with E-state index in [1.165, 1.54) is 0 Å². The molecule has 1 rings (SSSR count). The fourth-order valence-corrected chi connectivity index (χ4v) is 1.38. The Balaban J connectivity index is 3.17. The summed E-state index contributed by atoms with van der Waals surface area (Å²) in [7, 11) is 3.92. The molecular formula is C7H10BrN3. The highest BCUT2D eigenvalue weighted by Gasteiger charge is 2.04. The first-order valence-electron chi connectivity index (χ1n) is 3.20. The van der Waals surface area contributed by atoms with E-state index in [9.17, 15) is 0 Å². The summed E-state index contributed by atoms with van der Waals surface area (Å²) in [6.45, 7) is 0. The molecule has 0 saturated heterocycles. The number of anilines is 2. The molecule has 0 saturated carbocycles. The third kappa shape index (κ3) is 1.63. The molecule has 0 aromatic carbocycles. The van der Waals surface area contributed by atoms with Crippen molar-refractivity contribution in [3.63, 3.8) is 0 Å². The van der Waals surface area contributed by atoms with Crippen molar-refractivity contribution in [3.8, 4) is 0 Å². The van der Waals surface area contributed by atoms with Gasteiger partial charge >= 0.3 is 0 Å². The zero-order valence-electron chi connectivity index (χ0n) is 6.50. The van der Waals surface area contributed by atoms with E-state index in [0.29, 0.717) is 5.82 Å². The first-order valence-corrected chi connectivity index (χ1v) is 3.99. The number of nitrogens with two attached hydrogens (primary N) is 1. The topological polar surface area (TPSA) is 42.2 Å². The predicted octanol–water partition coefficient (Wildman–Crippen LogP) is 1.49. The molecule has 11 heavy (non-hydrogen) atoms. The average molecular weight is 216 g/mol. The van der Waals surface area contributed by atoms with Crippen LogP contribution in [0.3, 0.4) is 0 Å². The van der Waals surface area contributed by atoms with E-state index in [-0.39, 0.29) is 0 Å². The molecule has 60 valence electrons.